The lowest BCUT2D eigenvalue weighted by atomic mass is 9.91. The van der Waals surface area contributed by atoms with Gasteiger partial charge in [-0.15, -0.1) is 10.2 Å². The van der Waals surface area contributed by atoms with Gasteiger partial charge >= 0.3 is 0 Å². The molecule has 2 aliphatic rings. The first-order valence-electron chi connectivity index (χ1n) is 10.5. The number of piperidine rings is 1. The molecule has 1 unspecified atom stereocenters. The van der Waals surface area contributed by atoms with E-state index in [9.17, 15) is 0 Å². The zero-order chi connectivity index (χ0) is 19.8. The molecule has 0 radical (unpaired) electrons. The largest absolute Gasteiger partial charge is 0.420 e. The third-order valence-corrected chi connectivity index (χ3v) is 6.26. The van der Waals surface area contributed by atoms with Gasteiger partial charge in [-0.1, -0.05) is 37.2 Å². The highest BCUT2D eigenvalue weighted by molar-refractivity contribution is 5.51. The molecule has 2 fully saturated rings. The maximum atomic E-state index is 6.01. The van der Waals surface area contributed by atoms with Crippen LogP contribution in [-0.2, 0) is 13.0 Å². The van der Waals surface area contributed by atoms with E-state index in [1.165, 1.54) is 0 Å². The van der Waals surface area contributed by atoms with Gasteiger partial charge in [0.25, 0.3) is 0 Å². The Hall–Kier alpha value is -2.54. The number of hydrogen-bond acceptors (Lipinski definition) is 7. The minimum atomic E-state index is 0.328. The number of likely N-dealkylation sites (tertiary alicyclic amines) is 1. The summed E-state index contributed by atoms with van der Waals surface area (Å²) < 4.78 is 11.4. The Morgan fingerprint density at radius 3 is 2.69 bits per heavy atom. The molecule has 1 aliphatic heterocycles. The molecule has 1 saturated heterocycles. The third-order valence-electron chi connectivity index (χ3n) is 6.26. The molecule has 7 heteroatoms. The van der Waals surface area contributed by atoms with Crippen molar-refractivity contribution in [1.29, 1.82) is 0 Å². The predicted molar refractivity (Wildman–Crippen MR) is 107 cm³/mol. The van der Waals surface area contributed by atoms with E-state index in [0.717, 1.165) is 68.5 Å². The van der Waals surface area contributed by atoms with Gasteiger partial charge in [-0.3, -0.25) is 4.90 Å². The molecule has 0 N–H and O–H groups in total. The predicted octanol–water partition coefficient (Wildman–Crippen LogP) is 4.09. The summed E-state index contributed by atoms with van der Waals surface area (Å²) in [6.45, 7) is 7.15. The van der Waals surface area contributed by atoms with Crippen LogP contribution in [0.4, 0.5) is 0 Å². The molecule has 0 amide bonds. The first-order valence-corrected chi connectivity index (χ1v) is 10.5. The monoisotopic (exact) mass is 393 g/mol. The van der Waals surface area contributed by atoms with Crippen molar-refractivity contribution in [3.63, 3.8) is 0 Å². The molecule has 1 aliphatic carbocycles. The molecular weight excluding hydrogens is 366 g/mol. The fraction of sp³-hybridized carbons (Fsp3) is 0.545. The third kappa shape index (κ3) is 3.83. The quantitative estimate of drug-likeness (QED) is 0.624. The number of rotatable bonds is 6. The van der Waals surface area contributed by atoms with E-state index in [4.69, 9.17) is 8.94 Å². The molecule has 7 nitrogen and oxygen atoms in total. The van der Waals surface area contributed by atoms with Crippen LogP contribution in [0, 0.1) is 11.3 Å². The van der Waals surface area contributed by atoms with E-state index >= 15 is 0 Å². The Labute approximate surface area is 170 Å². The van der Waals surface area contributed by atoms with Crippen molar-refractivity contribution in [3.8, 4) is 11.5 Å². The van der Waals surface area contributed by atoms with Gasteiger partial charge in [0.1, 0.15) is 0 Å². The average Bonchev–Trinajstić information content (AvgIpc) is 3.07. The lowest BCUT2D eigenvalue weighted by molar-refractivity contribution is 0.144. The first kappa shape index (κ1) is 18.5. The van der Waals surface area contributed by atoms with E-state index in [0.29, 0.717) is 23.1 Å². The van der Waals surface area contributed by atoms with Gasteiger partial charge in [0.05, 0.1) is 6.54 Å². The van der Waals surface area contributed by atoms with Crippen LogP contribution in [0.2, 0.25) is 0 Å². The normalized spacial score (nSPS) is 21.1. The standard InChI is InChI=1S/C22H27N5O2/c1-15(2)12-18-23-19(29-26-18)14-27-10-8-22(9-11-27)13-17(22)21-25-24-20(28-21)16-6-4-3-5-7-16/h3-7,15,17H,8-14H2,1-2H3. The van der Waals surface area contributed by atoms with E-state index < -0.39 is 0 Å². The number of nitrogens with zero attached hydrogens (tertiary/aromatic N) is 5. The molecule has 1 saturated carbocycles. The molecule has 2 aromatic heterocycles. The molecule has 3 heterocycles. The minimum absolute atomic E-state index is 0.328. The van der Waals surface area contributed by atoms with E-state index in [-0.39, 0.29) is 0 Å². The summed E-state index contributed by atoms with van der Waals surface area (Å²) in [6, 6.07) is 9.97. The molecule has 1 spiro atoms. The highest BCUT2D eigenvalue weighted by Crippen LogP contribution is 2.64. The van der Waals surface area contributed by atoms with Gasteiger partial charge in [0.2, 0.25) is 17.7 Å². The summed E-state index contributed by atoms with van der Waals surface area (Å²) in [7, 11) is 0. The van der Waals surface area contributed by atoms with Gasteiger partial charge in [-0.2, -0.15) is 4.98 Å². The summed E-state index contributed by atoms with van der Waals surface area (Å²) in [5.41, 5.74) is 1.31. The van der Waals surface area contributed by atoms with Gasteiger partial charge in [0.15, 0.2) is 5.82 Å². The van der Waals surface area contributed by atoms with Crippen molar-refractivity contribution in [1.82, 2.24) is 25.2 Å². The second-order valence-electron chi connectivity index (χ2n) is 8.91. The number of aromatic nitrogens is 4. The minimum Gasteiger partial charge on any atom is -0.420 e. The molecule has 5 rings (SSSR count). The van der Waals surface area contributed by atoms with Crippen LogP contribution in [0.3, 0.4) is 0 Å². The van der Waals surface area contributed by atoms with Crippen molar-refractivity contribution in [2.75, 3.05) is 13.1 Å². The summed E-state index contributed by atoms with van der Waals surface area (Å²) in [4.78, 5) is 6.95. The van der Waals surface area contributed by atoms with Gasteiger partial charge in [-0.25, -0.2) is 0 Å². The Morgan fingerprint density at radius 2 is 1.93 bits per heavy atom. The molecule has 0 bridgehead atoms. The maximum absolute atomic E-state index is 6.01. The Morgan fingerprint density at radius 1 is 1.14 bits per heavy atom. The maximum Gasteiger partial charge on any atom is 0.247 e. The molecular formula is C22H27N5O2. The van der Waals surface area contributed by atoms with Crippen LogP contribution in [0.25, 0.3) is 11.5 Å². The van der Waals surface area contributed by atoms with Crippen molar-refractivity contribution < 1.29 is 8.94 Å². The Balaban J connectivity index is 1.17. The SMILES string of the molecule is CC(C)Cc1noc(CN2CCC3(CC2)CC3c2nnc(-c3ccccc3)o2)n1. The second-order valence-corrected chi connectivity index (χ2v) is 8.91. The zero-order valence-electron chi connectivity index (χ0n) is 17.0. The lowest BCUT2D eigenvalue weighted by Gasteiger charge is -2.31. The van der Waals surface area contributed by atoms with Crippen LogP contribution >= 0.6 is 0 Å². The molecule has 29 heavy (non-hydrogen) atoms. The Bertz CT molecular complexity index is 957. The number of benzene rings is 1. The fourth-order valence-corrected chi connectivity index (χ4v) is 4.47. The lowest BCUT2D eigenvalue weighted by Crippen LogP contribution is -2.34. The van der Waals surface area contributed by atoms with Crippen molar-refractivity contribution >= 4 is 0 Å². The van der Waals surface area contributed by atoms with E-state index in [1.807, 2.05) is 30.3 Å². The summed E-state index contributed by atoms with van der Waals surface area (Å²) in [6.07, 6.45) is 4.31. The summed E-state index contributed by atoms with van der Waals surface area (Å²) >= 11 is 0. The summed E-state index contributed by atoms with van der Waals surface area (Å²) in [5, 5.41) is 12.7. The summed E-state index contributed by atoms with van der Waals surface area (Å²) in [5.74, 6) is 3.90. The van der Waals surface area contributed by atoms with Crippen molar-refractivity contribution in [3.05, 3.63) is 47.9 Å². The van der Waals surface area contributed by atoms with Gasteiger partial charge < -0.3 is 8.94 Å². The molecule has 1 aromatic carbocycles. The second kappa shape index (κ2) is 7.37. The molecule has 152 valence electrons. The molecule has 1 atom stereocenters. The highest BCUT2D eigenvalue weighted by Gasteiger charge is 2.58. The van der Waals surface area contributed by atoms with Gasteiger partial charge in [-0.05, 0) is 55.8 Å². The highest BCUT2D eigenvalue weighted by atomic mass is 16.5. The van der Waals surface area contributed by atoms with Gasteiger partial charge in [0, 0.05) is 17.9 Å². The van der Waals surface area contributed by atoms with E-state index in [1.54, 1.807) is 0 Å². The van der Waals surface area contributed by atoms with Crippen molar-refractivity contribution in [2.45, 2.75) is 52.0 Å². The number of hydrogen-bond donors (Lipinski definition) is 0. The average molecular weight is 393 g/mol. The van der Waals surface area contributed by atoms with Crippen molar-refractivity contribution in [2.24, 2.45) is 11.3 Å². The molecule has 3 aromatic rings. The van der Waals surface area contributed by atoms with E-state index in [2.05, 4.69) is 39.1 Å². The van der Waals surface area contributed by atoms with Crippen LogP contribution in [-0.4, -0.2) is 38.3 Å². The zero-order valence-corrected chi connectivity index (χ0v) is 17.0. The Kier molecular flexibility index (Phi) is 4.70. The van der Waals surface area contributed by atoms with Crippen LogP contribution in [0.5, 0.6) is 0 Å². The smallest absolute Gasteiger partial charge is 0.247 e. The fourth-order valence-electron chi connectivity index (χ4n) is 4.47. The van der Waals surface area contributed by atoms with Crippen LogP contribution in [0.1, 0.15) is 56.6 Å². The van der Waals surface area contributed by atoms with Crippen LogP contribution < -0.4 is 0 Å². The van der Waals surface area contributed by atoms with Crippen LogP contribution in [0.15, 0.2) is 39.3 Å². The first-order chi connectivity index (χ1) is 14.1. The topological polar surface area (TPSA) is 81.1 Å².